The largest absolute Gasteiger partial charge is 0.317 e. The summed E-state index contributed by atoms with van der Waals surface area (Å²) in [7, 11) is 0. The maximum absolute atomic E-state index is 3.68. The molecular formula is C16H25BrN2. The van der Waals surface area contributed by atoms with Gasteiger partial charge in [-0.15, -0.1) is 0 Å². The van der Waals surface area contributed by atoms with Gasteiger partial charge in [0.25, 0.3) is 0 Å². The van der Waals surface area contributed by atoms with Gasteiger partial charge in [-0.1, -0.05) is 41.1 Å². The quantitative estimate of drug-likeness (QED) is 0.885. The summed E-state index contributed by atoms with van der Waals surface area (Å²) in [5.74, 6) is 0.853. The van der Waals surface area contributed by atoms with Crippen molar-refractivity contribution in [2.75, 3.05) is 26.2 Å². The Morgan fingerprint density at radius 1 is 1.32 bits per heavy atom. The molecule has 0 saturated carbocycles. The summed E-state index contributed by atoms with van der Waals surface area (Å²) in [5, 5.41) is 3.45. The van der Waals surface area contributed by atoms with E-state index in [4.69, 9.17) is 0 Å². The summed E-state index contributed by atoms with van der Waals surface area (Å²) in [6.07, 6.45) is 2.64. The maximum Gasteiger partial charge on any atom is 0.0331 e. The predicted octanol–water partition coefficient (Wildman–Crippen LogP) is 3.83. The standard InChI is InChI=1S/C16H25BrN2/c1-3-19(12-14-8-10-18-11-9-14)13(2)15-6-4-5-7-16(15)17/h4-7,13-14,18H,3,8-12H2,1-2H3. The van der Waals surface area contributed by atoms with Crippen LogP contribution >= 0.6 is 15.9 Å². The lowest BCUT2D eigenvalue weighted by molar-refractivity contribution is 0.168. The van der Waals surface area contributed by atoms with Crippen LogP contribution in [-0.4, -0.2) is 31.1 Å². The molecule has 1 saturated heterocycles. The van der Waals surface area contributed by atoms with Crippen LogP contribution in [0.5, 0.6) is 0 Å². The number of nitrogens with one attached hydrogen (secondary N) is 1. The second kappa shape index (κ2) is 7.41. The van der Waals surface area contributed by atoms with Crippen molar-refractivity contribution >= 4 is 15.9 Å². The second-order valence-electron chi connectivity index (χ2n) is 5.48. The van der Waals surface area contributed by atoms with Gasteiger partial charge < -0.3 is 5.32 Å². The van der Waals surface area contributed by atoms with Crippen molar-refractivity contribution in [1.82, 2.24) is 10.2 Å². The van der Waals surface area contributed by atoms with Crippen molar-refractivity contribution < 1.29 is 0 Å². The lowest BCUT2D eigenvalue weighted by atomic mass is 9.96. The van der Waals surface area contributed by atoms with Gasteiger partial charge in [-0.2, -0.15) is 0 Å². The van der Waals surface area contributed by atoms with E-state index in [1.165, 1.54) is 42.5 Å². The molecular weight excluding hydrogens is 300 g/mol. The zero-order valence-electron chi connectivity index (χ0n) is 12.0. The molecule has 1 unspecified atom stereocenters. The van der Waals surface area contributed by atoms with Crippen molar-refractivity contribution in [2.45, 2.75) is 32.7 Å². The Morgan fingerprint density at radius 3 is 2.63 bits per heavy atom. The number of nitrogens with zero attached hydrogens (tertiary/aromatic N) is 1. The Labute approximate surface area is 125 Å². The Kier molecular flexibility index (Phi) is 5.86. The molecule has 1 N–H and O–H groups in total. The second-order valence-corrected chi connectivity index (χ2v) is 6.33. The van der Waals surface area contributed by atoms with Gasteiger partial charge in [-0.3, -0.25) is 4.90 Å². The highest BCUT2D eigenvalue weighted by atomic mass is 79.9. The van der Waals surface area contributed by atoms with E-state index in [9.17, 15) is 0 Å². The van der Waals surface area contributed by atoms with E-state index < -0.39 is 0 Å². The molecule has 2 rings (SSSR count). The van der Waals surface area contributed by atoms with Crippen molar-refractivity contribution in [2.24, 2.45) is 5.92 Å². The molecule has 1 heterocycles. The summed E-state index contributed by atoms with van der Waals surface area (Å²) >= 11 is 3.68. The third-order valence-electron chi connectivity index (χ3n) is 4.26. The van der Waals surface area contributed by atoms with Crippen LogP contribution in [0.2, 0.25) is 0 Å². The molecule has 0 bridgehead atoms. The van der Waals surface area contributed by atoms with Gasteiger partial charge in [0.2, 0.25) is 0 Å². The molecule has 0 aliphatic carbocycles. The SMILES string of the molecule is CCN(CC1CCNCC1)C(C)c1ccccc1Br. The van der Waals surface area contributed by atoms with Gasteiger partial charge in [0.05, 0.1) is 0 Å². The molecule has 1 aromatic carbocycles. The average molecular weight is 325 g/mol. The van der Waals surface area contributed by atoms with Crippen LogP contribution < -0.4 is 5.32 Å². The number of hydrogen-bond acceptors (Lipinski definition) is 2. The topological polar surface area (TPSA) is 15.3 Å². The van der Waals surface area contributed by atoms with Crippen molar-refractivity contribution in [3.63, 3.8) is 0 Å². The highest BCUT2D eigenvalue weighted by Gasteiger charge is 2.21. The molecule has 1 aliphatic rings. The highest BCUT2D eigenvalue weighted by Crippen LogP contribution is 2.28. The number of halogens is 1. The molecule has 0 radical (unpaired) electrons. The average Bonchev–Trinajstić information content (AvgIpc) is 2.46. The first kappa shape index (κ1) is 15.0. The van der Waals surface area contributed by atoms with E-state index in [2.05, 4.69) is 64.3 Å². The molecule has 2 nitrogen and oxygen atoms in total. The molecule has 1 aromatic rings. The molecule has 0 aromatic heterocycles. The van der Waals surface area contributed by atoms with E-state index in [1.807, 2.05) is 0 Å². The first-order valence-electron chi connectivity index (χ1n) is 7.41. The zero-order valence-corrected chi connectivity index (χ0v) is 13.6. The van der Waals surface area contributed by atoms with Crippen LogP contribution in [0.15, 0.2) is 28.7 Å². The molecule has 3 heteroatoms. The van der Waals surface area contributed by atoms with Crippen molar-refractivity contribution in [1.29, 1.82) is 0 Å². The Morgan fingerprint density at radius 2 is 2.00 bits per heavy atom. The molecule has 1 atom stereocenters. The highest BCUT2D eigenvalue weighted by molar-refractivity contribution is 9.10. The molecule has 19 heavy (non-hydrogen) atoms. The van der Waals surface area contributed by atoms with E-state index >= 15 is 0 Å². The smallest absolute Gasteiger partial charge is 0.0331 e. The number of rotatable bonds is 5. The van der Waals surface area contributed by atoms with E-state index in [0.717, 1.165) is 12.5 Å². The zero-order chi connectivity index (χ0) is 13.7. The van der Waals surface area contributed by atoms with Gasteiger partial charge in [-0.05, 0) is 56.9 Å². The minimum absolute atomic E-state index is 0.482. The fourth-order valence-corrected chi connectivity index (χ4v) is 3.58. The first-order valence-corrected chi connectivity index (χ1v) is 8.20. The normalized spacial score (nSPS) is 18.7. The van der Waals surface area contributed by atoms with Crippen LogP contribution in [0.25, 0.3) is 0 Å². The molecule has 0 spiro atoms. The van der Waals surface area contributed by atoms with E-state index in [1.54, 1.807) is 0 Å². The van der Waals surface area contributed by atoms with Crippen LogP contribution in [0.4, 0.5) is 0 Å². The summed E-state index contributed by atoms with van der Waals surface area (Å²) < 4.78 is 1.23. The van der Waals surface area contributed by atoms with Crippen molar-refractivity contribution in [3.8, 4) is 0 Å². The van der Waals surface area contributed by atoms with Crippen LogP contribution in [0.1, 0.15) is 38.3 Å². The fourth-order valence-electron chi connectivity index (χ4n) is 2.97. The van der Waals surface area contributed by atoms with Crippen LogP contribution in [-0.2, 0) is 0 Å². The van der Waals surface area contributed by atoms with Gasteiger partial charge in [0, 0.05) is 17.1 Å². The number of hydrogen-bond donors (Lipinski definition) is 1. The fraction of sp³-hybridized carbons (Fsp3) is 0.625. The molecule has 106 valence electrons. The summed E-state index contributed by atoms with van der Waals surface area (Å²) in [4.78, 5) is 2.61. The van der Waals surface area contributed by atoms with Crippen LogP contribution in [0, 0.1) is 5.92 Å². The lowest BCUT2D eigenvalue weighted by Crippen LogP contribution is -2.37. The third-order valence-corrected chi connectivity index (χ3v) is 4.98. The molecule has 1 fully saturated rings. The summed E-state index contributed by atoms with van der Waals surface area (Å²) in [6.45, 7) is 9.31. The van der Waals surface area contributed by atoms with Gasteiger partial charge in [0.15, 0.2) is 0 Å². The summed E-state index contributed by atoms with van der Waals surface area (Å²) in [6, 6.07) is 9.08. The Hall–Kier alpha value is -0.380. The first-order chi connectivity index (χ1) is 9.22. The minimum atomic E-state index is 0.482. The number of piperidine rings is 1. The summed E-state index contributed by atoms with van der Waals surface area (Å²) in [5.41, 5.74) is 1.40. The van der Waals surface area contributed by atoms with E-state index in [-0.39, 0.29) is 0 Å². The van der Waals surface area contributed by atoms with E-state index in [0.29, 0.717) is 6.04 Å². The van der Waals surface area contributed by atoms with Crippen molar-refractivity contribution in [3.05, 3.63) is 34.3 Å². The Balaban J connectivity index is 2.02. The number of benzene rings is 1. The molecule has 1 aliphatic heterocycles. The maximum atomic E-state index is 3.68. The molecule has 0 amide bonds. The van der Waals surface area contributed by atoms with Crippen LogP contribution in [0.3, 0.4) is 0 Å². The monoisotopic (exact) mass is 324 g/mol. The lowest BCUT2D eigenvalue weighted by Gasteiger charge is -2.34. The van der Waals surface area contributed by atoms with Gasteiger partial charge in [-0.25, -0.2) is 0 Å². The third kappa shape index (κ3) is 4.04. The van der Waals surface area contributed by atoms with Gasteiger partial charge in [0.1, 0.15) is 0 Å². The Bertz CT molecular complexity index is 388. The van der Waals surface area contributed by atoms with Gasteiger partial charge >= 0.3 is 0 Å². The minimum Gasteiger partial charge on any atom is -0.317 e. The predicted molar refractivity (Wildman–Crippen MR) is 85.4 cm³/mol.